The lowest BCUT2D eigenvalue weighted by atomic mass is 9.88. The summed E-state index contributed by atoms with van der Waals surface area (Å²) in [4.78, 5) is 40.0. The smallest absolute Gasteiger partial charge is 0.253 e. The quantitative estimate of drug-likeness (QED) is 0.656. The van der Waals surface area contributed by atoms with Gasteiger partial charge in [-0.05, 0) is 42.7 Å². The van der Waals surface area contributed by atoms with E-state index in [0.29, 0.717) is 61.3 Å². The number of benzene rings is 1. The molecule has 0 unspecified atom stereocenters. The summed E-state index contributed by atoms with van der Waals surface area (Å²) >= 11 is 6.16. The van der Waals surface area contributed by atoms with Crippen molar-refractivity contribution >= 4 is 29.3 Å². The minimum Gasteiger partial charge on any atom is -0.354 e. The van der Waals surface area contributed by atoms with E-state index in [1.54, 1.807) is 24.3 Å². The van der Waals surface area contributed by atoms with Crippen molar-refractivity contribution in [3.63, 3.8) is 0 Å². The minimum atomic E-state index is -0.658. The van der Waals surface area contributed by atoms with Gasteiger partial charge in [0.2, 0.25) is 11.8 Å². The number of rotatable bonds is 8. The van der Waals surface area contributed by atoms with E-state index in [2.05, 4.69) is 10.6 Å². The number of nitrogens with zero attached hydrogens (tertiary/aromatic N) is 1. The van der Waals surface area contributed by atoms with Gasteiger partial charge in [0.15, 0.2) is 0 Å². The Morgan fingerprint density at radius 1 is 1.07 bits per heavy atom. The van der Waals surface area contributed by atoms with Crippen LogP contribution in [-0.4, -0.2) is 48.3 Å². The molecule has 2 N–H and O–H groups in total. The van der Waals surface area contributed by atoms with Crippen molar-refractivity contribution in [2.75, 3.05) is 19.6 Å². The van der Waals surface area contributed by atoms with Crippen LogP contribution < -0.4 is 10.6 Å². The van der Waals surface area contributed by atoms with Crippen LogP contribution in [0.15, 0.2) is 24.3 Å². The molecule has 2 rings (SSSR count). The van der Waals surface area contributed by atoms with Gasteiger partial charge in [-0.3, -0.25) is 14.4 Å². The zero-order valence-electron chi connectivity index (χ0n) is 18.4. The number of nitrogens with one attached hydrogen (secondary N) is 2. The zero-order chi connectivity index (χ0) is 22.3. The monoisotopic (exact) mass is 435 g/mol. The molecule has 1 aromatic carbocycles. The highest BCUT2D eigenvalue weighted by atomic mass is 35.5. The average molecular weight is 436 g/mol. The predicted octanol–water partition coefficient (Wildman–Crippen LogP) is 3.50. The Morgan fingerprint density at radius 3 is 2.27 bits per heavy atom. The van der Waals surface area contributed by atoms with Gasteiger partial charge >= 0.3 is 0 Å². The Morgan fingerprint density at radius 2 is 1.70 bits per heavy atom. The molecule has 1 aliphatic heterocycles. The number of piperidine rings is 1. The average Bonchev–Trinajstić information content (AvgIpc) is 2.70. The van der Waals surface area contributed by atoms with Gasteiger partial charge in [0.1, 0.15) is 6.04 Å². The van der Waals surface area contributed by atoms with E-state index in [9.17, 15) is 14.4 Å². The van der Waals surface area contributed by atoms with Crippen LogP contribution in [0, 0.1) is 17.8 Å². The molecule has 0 radical (unpaired) electrons. The molecular weight excluding hydrogens is 402 g/mol. The highest BCUT2D eigenvalue weighted by Crippen LogP contribution is 2.23. The third-order valence-corrected chi connectivity index (χ3v) is 5.65. The highest BCUT2D eigenvalue weighted by molar-refractivity contribution is 6.33. The number of hydrogen-bond donors (Lipinski definition) is 2. The van der Waals surface area contributed by atoms with E-state index in [1.807, 2.05) is 32.6 Å². The van der Waals surface area contributed by atoms with Crippen LogP contribution in [0.1, 0.15) is 57.3 Å². The summed E-state index contributed by atoms with van der Waals surface area (Å²) in [5.41, 5.74) is 0.352. The Labute approximate surface area is 184 Å². The molecule has 30 heavy (non-hydrogen) atoms. The highest BCUT2D eigenvalue weighted by Gasteiger charge is 2.34. The van der Waals surface area contributed by atoms with Crippen LogP contribution in [0.4, 0.5) is 0 Å². The number of carbonyl (C=O) groups excluding carboxylic acids is 3. The van der Waals surface area contributed by atoms with Gasteiger partial charge in [-0.1, -0.05) is 51.4 Å². The molecule has 0 bridgehead atoms. The molecule has 1 aliphatic rings. The van der Waals surface area contributed by atoms with Crippen molar-refractivity contribution in [2.45, 2.75) is 53.0 Å². The second-order valence-corrected chi connectivity index (χ2v) is 9.29. The Bertz CT molecular complexity index is 743. The second-order valence-electron chi connectivity index (χ2n) is 8.89. The Hall–Kier alpha value is -2.08. The van der Waals surface area contributed by atoms with Crippen LogP contribution in [0.3, 0.4) is 0 Å². The van der Waals surface area contributed by atoms with Crippen molar-refractivity contribution in [3.05, 3.63) is 34.9 Å². The molecule has 0 aromatic heterocycles. The van der Waals surface area contributed by atoms with Crippen LogP contribution in [-0.2, 0) is 9.59 Å². The molecule has 1 aromatic rings. The minimum absolute atomic E-state index is 0.0355. The molecular formula is C23H34ClN3O3. The summed E-state index contributed by atoms with van der Waals surface area (Å²) in [7, 11) is 0. The summed E-state index contributed by atoms with van der Waals surface area (Å²) in [5, 5.41) is 6.20. The van der Waals surface area contributed by atoms with Gasteiger partial charge in [-0.25, -0.2) is 0 Å². The fourth-order valence-corrected chi connectivity index (χ4v) is 3.86. The molecule has 1 saturated heterocycles. The molecule has 0 saturated carbocycles. The summed E-state index contributed by atoms with van der Waals surface area (Å²) in [6.45, 7) is 9.86. The lowest BCUT2D eigenvalue weighted by Gasteiger charge is -2.36. The van der Waals surface area contributed by atoms with E-state index in [-0.39, 0.29) is 23.6 Å². The fourth-order valence-electron chi connectivity index (χ4n) is 3.64. The fraction of sp³-hybridized carbons (Fsp3) is 0.609. The van der Waals surface area contributed by atoms with Crippen LogP contribution >= 0.6 is 11.6 Å². The molecule has 0 spiro atoms. The van der Waals surface area contributed by atoms with Gasteiger partial charge in [0.05, 0.1) is 10.6 Å². The number of hydrogen-bond acceptors (Lipinski definition) is 3. The number of amides is 3. The first-order valence-electron chi connectivity index (χ1n) is 10.8. The molecule has 1 atom stereocenters. The van der Waals surface area contributed by atoms with E-state index in [0.717, 1.165) is 0 Å². The molecule has 1 fully saturated rings. The van der Waals surface area contributed by atoms with Crippen molar-refractivity contribution in [2.24, 2.45) is 17.8 Å². The van der Waals surface area contributed by atoms with E-state index in [4.69, 9.17) is 11.6 Å². The maximum absolute atomic E-state index is 12.9. The predicted molar refractivity (Wildman–Crippen MR) is 119 cm³/mol. The molecule has 3 amide bonds. The largest absolute Gasteiger partial charge is 0.354 e. The van der Waals surface area contributed by atoms with E-state index >= 15 is 0 Å². The van der Waals surface area contributed by atoms with Crippen LogP contribution in [0.25, 0.3) is 0 Å². The number of carbonyl (C=O) groups is 3. The normalized spacial score (nSPS) is 15.9. The van der Waals surface area contributed by atoms with Gasteiger partial charge in [-0.2, -0.15) is 0 Å². The third-order valence-electron chi connectivity index (χ3n) is 5.32. The van der Waals surface area contributed by atoms with Gasteiger partial charge in [0, 0.05) is 26.1 Å². The van der Waals surface area contributed by atoms with Crippen LogP contribution in [0.5, 0.6) is 0 Å². The lowest BCUT2D eigenvalue weighted by molar-refractivity contribution is -0.133. The number of halogens is 1. The summed E-state index contributed by atoms with van der Waals surface area (Å²) in [6, 6.07) is 6.15. The number of likely N-dealkylation sites (tertiary alicyclic amines) is 1. The second kappa shape index (κ2) is 11.3. The summed E-state index contributed by atoms with van der Waals surface area (Å²) < 4.78 is 0. The van der Waals surface area contributed by atoms with Crippen molar-refractivity contribution in [1.82, 2.24) is 15.5 Å². The van der Waals surface area contributed by atoms with Crippen LogP contribution in [0.2, 0.25) is 5.02 Å². The molecule has 7 heteroatoms. The van der Waals surface area contributed by atoms with Crippen molar-refractivity contribution < 1.29 is 14.4 Å². The molecule has 166 valence electrons. The maximum Gasteiger partial charge on any atom is 0.253 e. The molecule has 0 aliphatic carbocycles. The maximum atomic E-state index is 12.9. The first-order chi connectivity index (χ1) is 14.2. The topological polar surface area (TPSA) is 78.5 Å². The van der Waals surface area contributed by atoms with Gasteiger partial charge in [-0.15, -0.1) is 0 Å². The van der Waals surface area contributed by atoms with E-state index in [1.165, 1.54) is 0 Å². The lowest BCUT2D eigenvalue weighted by Crippen LogP contribution is -2.54. The van der Waals surface area contributed by atoms with Gasteiger partial charge < -0.3 is 15.5 Å². The standard InChI is InChI=1S/C23H34ClN3O3/c1-15(2)13-20(28)27-11-9-17(10-12-27)21(23(30)25-14-16(3)4)26-22(29)18-7-5-6-8-19(18)24/h5-8,15-17,21H,9-14H2,1-4H3,(H,25,30)(H,26,29)/t21-/m0/s1. The Balaban J connectivity index is 2.08. The van der Waals surface area contributed by atoms with Crippen molar-refractivity contribution in [1.29, 1.82) is 0 Å². The SMILES string of the molecule is CC(C)CNC(=O)[C@@H](NC(=O)c1ccccc1Cl)C1CCN(C(=O)CC(C)C)CC1. The Kier molecular flexibility index (Phi) is 9.15. The third kappa shape index (κ3) is 7.01. The first-order valence-corrected chi connectivity index (χ1v) is 11.2. The molecule has 6 nitrogen and oxygen atoms in total. The van der Waals surface area contributed by atoms with Gasteiger partial charge in [0.25, 0.3) is 5.91 Å². The van der Waals surface area contributed by atoms with Crippen molar-refractivity contribution in [3.8, 4) is 0 Å². The van der Waals surface area contributed by atoms with E-state index < -0.39 is 6.04 Å². The zero-order valence-corrected chi connectivity index (χ0v) is 19.2. The summed E-state index contributed by atoms with van der Waals surface area (Å²) in [5.74, 6) is 0.208. The first kappa shape index (κ1) is 24.2. The summed E-state index contributed by atoms with van der Waals surface area (Å²) in [6.07, 6.45) is 1.88. The molecule has 1 heterocycles.